The Hall–Kier alpha value is -2.14. The zero-order valence-electron chi connectivity index (χ0n) is 15.3. The number of benzene rings is 1. The lowest BCUT2D eigenvalue weighted by molar-refractivity contribution is 0.0740. The second-order valence-electron chi connectivity index (χ2n) is 7.48. The first kappa shape index (κ1) is 16.3. The zero-order chi connectivity index (χ0) is 17.6. The average Bonchev–Trinajstić information content (AvgIpc) is 3.05. The maximum Gasteiger partial charge on any atom is 0.253 e. The lowest BCUT2D eigenvalue weighted by atomic mass is 10.1. The highest BCUT2D eigenvalue weighted by atomic mass is 16.2. The van der Waals surface area contributed by atoms with E-state index < -0.39 is 0 Å². The molecule has 1 amide bonds. The second-order valence-corrected chi connectivity index (χ2v) is 7.48. The third-order valence-electron chi connectivity index (χ3n) is 5.80. The van der Waals surface area contributed by atoms with E-state index in [9.17, 15) is 4.79 Å². The summed E-state index contributed by atoms with van der Waals surface area (Å²) in [5, 5.41) is 4.51. The molecule has 0 aliphatic carbocycles. The van der Waals surface area contributed by atoms with Crippen molar-refractivity contribution in [3.05, 3.63) is 47.3 Å². The molecule has 0 spiro atoms. The van der Waals surface area contributed by atoms with Gasteiger partial charge in [-0.15, -0.1) is 0 Å². The van der Waals surface area contributed by atoms with E-state index in [1.54, 1.807) is 0 Å². The number of rotatable bonds is 2. The van der Waals surface area contributed by atoms with Gasteiger partial charge >= 0.3 is 0 Å². The molecule has 5 nitrogen and oxygen atoms in total. The number of carbonyl (C=O) groups is 1. The van der Waals surface area contributed by atoms with Crippen molar-refractivity contribution < 1.29 is 4.79 Å². The number of aryl methyl sites for hydroxylation is 2. The summed E-state index contributed by atoms with van der Waals surface area (Å²) in [5.41, 5.74) is 3.87. The van der Waals surface area contributed by atoms with Crippen LogP contribution in [0.15, 0.2) is 30.3 Å². The maximum absolute atomic E-state index is 12.9. The summed E-state index contributed by atoms with van der Waals surface area (Å²) in [5.74, 6) is 0.154. The number of fused-ring (bicyclic) bond motifs is 2. The van der Waals surface area contributed by atoms with E-state index in [1.165, 1.54) is 12.8 Å². The number of hydrogen-bond acceptors (Lipinski definition) is 3. The molecule has 132 valence electrons. The molecule has 0 N–H and O–H groups in total. The quantitative estimate of drug-likeness (QED) is 0.845. The molecular weight excluding hydrogens is 312 g/mol. The summed E-state index contributed by atoms with van der Waals surface area (Å²) in [4.78, 5) is 17.5. The van der Waals surface area contributed by atoms with Crippen molar-refractivity contribution in [2.45, 2.75) is 45.2 Å². The highest BCUT2D eigenvalue weighted by Gasteiger charge is 2.36. The smallest absolute Gasteiger partial charge is 0.253 e. The molecule has 2 saturated heterocycles. The van der Waals surface area contributed by atoms with Gasteiger partial charge < -0.3 is 4.90 Å². The number of hydrogen-bond donors (Lipinski definition) is 0. The third kappa shape index (κ3) is 2.97. The van der Waals surface area contributed by atoms with Gasteiger partial charge in [0.25, 0.3) is 5.91 Å². The van der Waals surface area contributed by atoms with Crippen LogP contribution in [0.25, 0.3) is 5.69 Å². The molecule has 2 aliphatic heterocycles. The van der Waals surface area contributed by atoms with Crippen LogP contribution in [-0.2, 0) is 0 Å². The number of amides is 1. The van der Waals surface area contributed by atoms with Gasteiger partial charge in [0.15, 0.2) is 0 Å². The Balaban J connectivity index is 1.52. The van der Waals surface area contributed by atoms with Gasteiger partial charge in [0.2, 0.25) is 0 Å². The summed E-state index contributed by atoms with van der Waals surface area (Å²) in [6.45, 7) is 5.75. The normalized spacial score (nSPS) is 23.7. The summed E-state index contributed by atoms with van der Waals surface area (Å²) < 4.78 is 1.92. The molecule has 2 aromatic rings. The van der Waals surface area contributed by atoms with Crippen molar-refractivity contribution in [1.82, 2.24) is 19.6 Å². The fraction of sp³-hybridized carbons (Fsp3) is 0.500. The Morgan fingerprint density at radius 2 is 1.80 bits per heavy atom. The van der Waals surface area contributed by atoms with E-state index >= 15 is 0 Å². The molecule has 0 saturated carbocycles. The van der Waals surface area contributed by atoms with Gasteiger partial charge in [0, 0.05) is 36.4 Å². The van der Waals surface area contributed by atoms with Crippen LogP contribution in [0.3, 0.4) is 0 Å². The molecule has 2 aliphatic rings. The predicted molar refractivity (Wildman–Crippen MR) is 98.1 cm³/mol. The van der Waals surface area contributed by atoms with Gasteiger partial charge in [-0.1, -0.05) is 0 Å². The van der Waals surface area contributed by atoms with E-state index in [-0.39, 0.29) is 5.91 Å². The fourth-order valence-electron chi connectivity index (χ4n) is 4.31. The highest BCUT2D eigenvalue weighted by molar-refractivity contribution is 5.94. The molecule has 2 atom stereocenters. The number of likely N-dealkylation sites (N-methyl/N-ethyl adjacent to an activating group) is 1. The molecule has 4 rings (SSSR count). The first-order chi connectivity index (χ1) is 12.0. The number of likely N-dealkylation sites (tertiary alicyclic amines) is 1. The summed E-state index contributed by atoms with van der Waals surface area (Å²) in [6.07, 6.45) is 3.57. The summed E-state index contributed by atoms with van der Waals surface area (Å²) >= 11 is 0. The van der Waals surface area contributed by atoms with Crippen LogP contribution in [0, 0.1) is 13.8 Å². The summed E-state index contributed by atoms with van der Waals surface area (Å²) in [7, 11) is 2.21. The minimum absolute atomic E-state index is 0.154. The number of aromatic nitrogens is 2. The minimum Gasteiger partial charge on any atom is -0.337 e. The van der Waals surface area contributed by atoms with Crippen LogP contribution < -0.4 is 0 Å². The number of carbonyl (C=O) groups excluding carboxylic acids is 1. The molecule has 0 radical (unpaired) electrons. The first-order valence-electron chi connectivity index (χ1n) is 9.18. The molecule has 1 aromatic heterocycles. The fourth-order valence-corrected chi connectivity index (χ4v) is 4.31. The van der Waals surface area contributed by atoms with Crippen LogP contribution in [-0.4, -0.2) is 57.7 Å². The highest BCUT2D eigenvalue weighted by Crippen LogP contribution is 2.29. The van der Waals surface area contributed by atoms with Gasteiger partial charge in [-0.05, 0) is 70.5 Å². The molecular formula is C20H26N4O. The van der Waals surface area contributed by atoms with Crippen LogP contribution >= 0.6 is 0 Å². The third-order valence-corrected chi connectivity index (χ3v) is 5.80. The first-order valence-corrected chi connectivity index (χ1v) is 9.18. The van der Waals surface area contributed by atoms with Gasteiger partial charge in [-0.2, -0.15) is 5.10 Å². The average molecular weight is 338 g/mol. The van der Waals surface area contributed by atoms with E-state index in [1.807, 2.05) is 47.7 Å². The van der Waals surface area contributed by atoms with Crippen molar-refractivity contribution in [1.29, 1.82) is 0 Å². The molecule has 5 heteroatoms. The van der Waals surface area contributed by atoms with Crippen LogP contribution in [0.2, 0.25) is 0 Å². The monoisotopic (exact) mass is 338 g/mol. The van der Waals surface area contributed by atoms with Crippen molar-refractivity contribution in [3.63, 3.8) is 0 Å². The predicted octanol–water partition coefficient (Wildman–Crippen LogP) is 2.80. The van der Waals surface area contributed by atoms with E-state index in [2.05, 4.69) is 23.1 Å². The van der Waals surface area contributed by atoms with Crippen LogP contribution in [0.5, 0.6) is 0 Å². The standard InChI is InChI=1S/C20H26N4O/c1-14-12-15(2)24(21-14)18-6-4-16(5-7-18)20(25)23-11-10-17-8-9-19(13-23)22(17)3/h4-7,12,17,19H,8-11,13H2,1-3H3/t17-,19+/m0/s1. The molecule has 2 bridgehead atoms. The van der Waals surface area contributed by atoms with E-state index in [0.29, 0.717) is 12.1 Å². The van der Waals surface area contributed by atoms with Crippen molar-refractivity contribution >= 4 is 5.91 Å². The topological polar surface area (TPSA) is 41.4 Å². The Morgan fingerprint density at radius 3 is 2.48 bits per heavy atom. The molecule has 25 heavy (non-hydrogen) atoms. The summed E-state index contributed by atoms with van der Waals surface area (Å²) in [6, 6.07) is 11.1. The Bertz CT molecular complexity index is 779. The van der Waals surface area contributed by atoms with Gasteiger partial charge in [-0.25, -0.2) is 4.68 Å². The largest absolute Gasteiger partial charge is 0.337 e. The Morgan fingerprint density at radius 1 is 1.08 bits per heavy atom. The molecule has 1 aromatic carbocycles. The minimum atomic E-state index is 0.154. The SMILES string of the molecule is Cc1cc(C)n(-c2ccc(C(=O)N3CC[C@@H]4CC[C@H](C3)N4C)cc2)n1. The molecule has 3 heterocycles. The van der Waals surface area contributed by atoms with Gasteiger partial charge in [-0.3, -0.25) is 9.69 Å². The Kier molecular flexibility index (Phi) is 4.12. The lowest BCUT2D eigenvalue weighted by Crippen LogP contribution is -2.39. The van der Waals surface area contributed by atoms with Crippen LogP contribution in [0.1, 0.15) is 41.0 Å². The van der Waals surface area contributed by atoms with Crippen molar-refractivity contribution in [2.75, 3.05) is 20.1 Å². The molecule has 2 fully saturated rings. The van der Waals surface area contributed by atoms with Crippen LogP contribution in [0.4, 0.5) is 0 Å². The Labute approximate surface area is 149 Å². The van der Waals surface area contributed by atoms with Gasteiger partial charge in [0.05, 0.1) is 11.4 Å². The van der Waals surface area contributed by atoms with Crippen molar-refractivity contribution in [2.24, 2.45) is 0 Å². The van der Waals surface area contributed by atoms with Gasteiger partial charge in [0.1, 0.15) is 0 Å². The molecule has 0 unspecified atom stereocenters. The van der Waals surface area contributed by atoms with E-state index in [4.69, 9.17) is 0 Å². The number of nitrogens with zero attached hydrogens (tertiary/aromatic N) is 4. The second kappa shape index (κ2) is 6.30. The maximum atomic E-state index is 12.9. The van der Waals surface area contributed by atoms with E-state index in [0.717, 1.165) is 42.1 Å². The van der Waals surface area contributed by atoms with Crippen molar-refractivity contribution in [3.8, 4) is 5.69 Å². The lowest BCUT2D eigenvalue weighted by Gasteiger charge is -2.26. The zero-order valence-corrected chi connectivity index (χ0v) is 15.3.